The second-order valence-electron chi connectivity index (χ2n) is 7.74. The van der Waals surface area contributed by atoms with Crippen molar-refractivity contribution in [3.63, 3.8) is 0 Å². The van der Waals surface area contributed by atoms with Crippen LogP contribution in [0.1, 0.15) is 44.9 Å². The molecule has 4 nitrogen and oxygen atoms in total. The van der Waals surface area contributed by atoms with Crippen molar-refractivity contribution in [1.82, 2.24) is 9.80 Å². The number of fused-ring (bicyclic) bond motifs is 1. The molecule has 0 radical (unpaired) electrons. The van der Waals surface area contributed by atoms with E-state index >= 15 is 0 Å². The minimum Gasteiger partial charge on any atom is -0.341 e. The Labute approximate surface area is 128 Å². The van der Waals surface area contributed by atoms with Crippen LogP contribution >= 0.6 is 0 Å². The number of piperidine rings is 1. The lowest BCUT2D eigenvalue weighted by Gasteiger charge is -2.34. The summed E-state index contributed by atoms with van der Waals surface area (Å²) >= 11 is 0. The summed E-state index contributed by atoms with van der Waals surface area (Å²) in [6.45, 7) is 4.22. The smallest absolute Gasteiger partial charge is 0.226 e. The van der Waals surface area contributed by atoms with E-state index in [9.17, 15) is 4.79 Å². The van der Waals surface area contributed by atoms with Crippen molar-refractivity contribution in [3.05, 3.63) is 0 Å². The van der Waals surface area contributed by atoms with Crippen molar-refractivity contribution in [2.24, 2.45) is 23.5 Å². The minimum absolute atomic E-state index is 0.398. The summed E-state index contributed by atoms with van der Waals surface area (Å²) in [6, 6.07) is 0.997. The Morgan fingerprint density at radius 3 is 2.24 bits per heavy atom. The third kappa shape index (κ3) is 2.61. The summed E-state index contributed by atoms with van der Waals surface area (Å²) in [7, 11) is 0. The zero-order valence-electron chi connectivity index (χ0n) is 13.0. The predicted octanol–water partition coefficient (Wildman–Crippen LogP) is 1.45. The lowest BCUT2D eigenvalue weighted by atomic mass is 10.0. The molecule has 0 aromatic carbocycles. The van der Waals surface area contributed by atoms with Crippen LogP contribution in [0.5, 0.6) is 0 Å². The van der Waals surface area contributed by atoms with Crippen molar-refractivity contribution in [3.8, 4) is 0 Å². The van der Waals surface area contributed by atoms with Gasteiger partial charge in [-0.2, -0.15) is 0 Å². The van der Waals surface area contributed by atoms with Gasteiger partial charge < -0.3 is 10.6 Å². The molecule has 4 heteroatoms. The zero-order chi connectivity index (χ0) is 14.4. The van der Waals surface area contributed by atoms with E-state index in [0.29, 0.717) is 23.9 Å². The van der Waals surface area contributed by atoms with Gasteiger partial charge in [0.15, 0.2) is 0 Å². The quantitative estimate of drug-likeness (QED) is 0.838. The number of hydrogen-bond donors (Lipinski definition) is 1. The molecule has 3 unspecified atom stereocenters. The SMILES string of the molecule is NC1CCN(C2CCN(C(=O)C3C4CCCCC43)C2)CC1. The van der Waals surface area contributed by atoms with Crippen LogP contribution in [-0.2, 0) is 4.79 Å². The molecule has 2 N–H and O–H groups in total. The summed E-state index contributed by atoms with van der Waals surface area (Å²) in [5.74, 6) is 2.39. The van der Waals surface area contributed by atoms with Gasteiger partial charge in [-0.1, -0.05) is 12.8 Å². The number of amides is 1. The zero-order valence-corrected chi connectivity index (χ0v) is 13.0. The Morgan fingerprint density at radius 1 is 0.905 bits per heavy atom. The molecule has 4 aliphatic rings. The topological polar surface area (TPSA) is 49.6 Å². The van der Waals surface area contributed by atoms with Crippen molar-refractivity contribution in [1.29, 1.82) is 0 Å². The Kier molecular flexibility index (Phi) is 3.70. The van der Waals surface area contributed by atoms with Crippen LogP contribution in [0.4, 0.5) is 0 Å². The number of carbonyl (C=O) groups is 1. The fourth-order valence-corrected chi connectivity index (χ4v) is 5.09. The van der Waals surface area contributed by atoms with Gasteiger partial charge in [-0.3, -0.25) is 9.69 Å². The highest BCUT2D eigenvalue weighted by atomic mass is 16.2. The molecule has 2 aliphatic heterocycles. The van der Waals surface area contributed by atoms with Crippen molar-refractivity contribution < 1.29 is 4.79 Å². The number of likely N-dealkylation sites (tertiary alicyclic amines) is 2. The van der Waals surface area contributed by atoms with Crippen molar-refractivity contribution in [2.75, 3.05) is 26.2 Å². The molecule has 0 spiro atoms. The molecule has 0 aromatic heterocycles. The van der Waals surface area contributed by atoms with Crippen molar-refractivity contribution in [2.45, 2.75) is 57.0 Å². The average molecular weight is 291 g/mol. The van der Waals surface area contributed by atoms with Crippen LogP contribution in [0.3, 0.4) is 0 Å². The van der Waals surface area contributed by atoms with E-state index in [1.165, 1.54) is 32.1 Å². The highest BCUT2D eigenvalue weighted by Gasteiger charge is 2.56. The van der Waals surface area contributed by atoms with Gasteiger partial charge in [0, 0.05) is 31.1 Å². The first-order valence-corrected chi connectivity index (χ1v) is 9.02. The molecule has 0 aromatic rings. The second kappa shape index (κ2) is 5.54. The molecule has 0 bridgehead atoms. The molecular weight excluding hydrogens is 262 g/mol. The van der Waals surface area contributed by atoms with E-state index in [-0.39, 0.29) is 0 Å². The van der Waals surface area contributed by atoms with Crippen LogP contribution in [0.25, 0.3) is 0 Å². The summed E-state index contributed by atoms with van der Waals surface area (Å²) in [6.07, 6.45) is 8.73. The van der Waals surface area contributed by atoms with Crippen LogP contribution in [0.2, 0.25) is 0 Å². The normalized spacial score (nSPS) is 41.1. The molecular formula is C17H29N3O. The monoisotopic (exact) mass is 291 g/mol. The first-order chi connectivity index (χ1) is 10.2. The maximum Gasteiger partial charge on any atom is 0.226 e. The number of hydrogen-bond acceptors (Lipinski definition) is 3. The lowest BCUT2D eigenvalue weighted by molar-refractivity contribution is -0.132. The lowest BCUT2D eigenvalue weighted by Crippen LogP contribution is -2.46. The molecule has 2 heterocycles. The minimum atomic E-state index is 0.398. The highest BCUT2D eigenvalue weighted by Crippen LogP contribution is 2.56. The van der Waals surface area contributed by atoms with Gasteiger partial charge >= 0.3 is 0 Å². The maximum absolute atomic E-state index is 12.7. The van der Waals surface area contributed by atoms with Crippen LogP contribution in [-0.4, -0.2) is 54.0 Å². The van der Waals surface area contributed by atoms with Crippen LogP contribution in [0.15, 0.2) is 0 Å². The third-order valence-electron chi connectivity index (χ3n) is 6.51. The van der Waals surface area contributed by atoms with E-state index in [2.05, 4.69) is 9.80 Å². The van der Waals surface area contributed by atoms with Gasteiger partial charge in [-0.05, 0) is 57.0 Å². The highest BCUT2D eigenvalue weighted by molar-refractivity contribution is 5.82. The molecule has 3 atom stereocenters. The van der Waals surface area contributed by atoms with Crippen molar-refractivity contribution >= 4 is 5.91 Å². The summed E-state index contributed by atoms with van der Waals surface area (Å²) < 4.78 is 0. The van der Waals surface area contributed by atoms with E-state index in [0.717, 1.165) is 50.9 Å². The number of rotatable bonds is 2. The predicted molar refractivity (Wildman–Crippen MR) is 82.7 cm³/mol. The van der Waals surface area contributed by atoms with Gasteiger partial charge in [0.1, 0.15) is 0 Å². The van der Waals surface area contributed by atoms with E-state index in [1.807, 2.05) is 0 Å². The number of nitrogens with zero attached hydrogens (tertiary/aromatic N) is 2. The van der Waals surface area contributed by atoms with Gasteiger partial charge in [0.25, 0.3) is 0 Å². The molecule has 21 heavy (non-hydrogen) atoms. The Bertz CT molecular complexity index is 393. The fourth-order valence-electron chi connectivity index (χ4n) is 5.09. The molecule has 2 aliphatic carbocycles. The fraction of sp³-hybridized carbons (Fsp3) is 0.941. The average Bonchev–Trinajstić information content (AvgIpc) is 3.03. The van der Waals surface area contributed by atoms with Gasteiger partial charge in [-0.15, -0.1) is 0 Å². The summed E-state index contributed by atoms with van der Waals surface area (Å²) in [5.41, 5.74) is 6.00. The summed E-state index contributed by atoms with van der Waals surface area (Å²) in [4.78, 5) is 17.5. The molecule has 4 fully saturated rings. The standard InChI is InChI=1S/C17H29N3O/c18-12-5-8-19(9-6-12)13-7-10-20(11-13)17(21)16-14-3-1-2-4-15(14)16/h12-16H,1-11,18H2. The Hall–Kier alpha value is -0.610. The Morgan fingerprint density at radius 2 is 1.57 bits per heavy atom. The van der Waals surface area contributed by atoms with Gasteiger partial charge in [-0.25, -0.2) is 0 Å². The largest absolute Gasteiger partial charge is 0.341 e. The van der Waals surface area contributed by atoms with E-state index < -0.39 is 0 Å². The first kappa shape index (κ1) is 14.0. The first-order valence-electron chi connectivity index (χ1n) is 9.02. The van der Waals surface area contributed by atoms with E-state index in [4.69, 9.17) is 5.73 Å². The van der Waals surface area contributed by atoms with Gasteiger partial charge in [0.05, 0.1) is 0 Å². The molecule has 2 saturated carbocycles. The Balaban J connectivity index is 1.31. The third-order valence-corrected chi connectivity index (χ3v) is 6.51. The van der Waals surface area contributed by atoms with Gasteiger partial charge in [0.2, 0.25) is 5.91 Å². The van der Waals surface area contributed by atoms with Crippen LogP contribution < -0.4 is 5.73 Å². The van der Waals surface area contributed by atoms with Crippen LogP contribution in [0, 0.1) is 17.8 Å². The van der Waals surface area contributed by atoms with E-state index in [1.54, 1.807) is 0 Å². The maximum atomic E-state index is 12.7. The molecule has 118 valence electrons. The molecule has 2 saturated heterocycles. The number of carbonyl (C=O) groups excluding carboxylic acids is 1. The molecule has 1 amide bonds. The molecule has 4 rings (SSSR count). The summed E-state index contributed by atoms with van der Waals surface area (Å²) in [5, 5.41) is 0. The number of nitrogens with two attached hydrogens (primary N) is 1. The second-order valence-corrected chi connectivity index (χ2v) is 7.74.